The SMILES string of the molecule is c1cc(N2CCC(Oc3nccs3)C2)ccn1. The maximum Gasteiger partial charge on any atom is 0.273 e. The van der Waals surface area contributed by atoms with E-state index in [-0.39, 0.29) is 6.10 Å². The molecule has 0 aliphatic carbocycles. The summed E-state index contributed by atoms with van der Waals surface area (Å²) in [4.78, 5) is 10.5. The number of nitrogens with zero attached hydrogens (tertiary/aromatic N) is 3. The van der Waals surface area contributed by atoms with E-state index in [0.29, 0.717) is 0 Å². The third kappa shape index (κ3) is 2.39. The van der Waals surface area contributed by atoms with E-state index < -0.39 is 0 Å². The lowest BCUT2D eigenvalue weighted by Gasteiger charge is -2.17. The molecule has 88 valence electrons. The van der Waals surface area contributed by atoms with Gasteiger partial charge in [0.25, 0.3) is 5.19 Å². The Hall–Kier alpha value is -1.62. The minimum atomic E-state index is 0.245. The fourth-order valence-electron chi connectivity index (χ4n) is 2.02. The lowest BCUT2D eigenvalue weighted by molar-refractivity contribution is 0.224. The van der Waals surface area contributed by atoms with Crippen molar-refractivity contribution in [2.45, 2.75) is 12.5 Å². The molecule has 3 rings (SSSR count). The summed E-state index contributed by atoms with van der Waals surface area (Å²) < 4.78 is 5.82. The quantitative estimate of drug-likeness (QED) is 0.833. The Balaban J connectivity index is 1.62. The van der Waals surface area contributed by atoms with Crippen molar-refractivity contribution in [3.63, 3.8) is 0 Å². The van der Waals surface area contributed by atoms with Crippen molar-refractivity contribution >= 4 is 17.0 Å². The second kappa shape index (κ2) is 4.71. The van der Waals surface area contributed by atoms with Crippen LogP contribution in [0.2, 0.25) is 0 Å². The lowest BCUT2D eigenvalue weighted by Crippen LogP contribution is -2.24. The van der Waals surface area contributed by atoms with Crippen LogP contribution in [0.3, 0.4) is 0 Å². The van der Waals surface area contributed by atoms with E-state index in [4.69, 9.17) is 4.74 Å². The van der Waals surface area contributed by atoms with Gasteiger partial charge >= 0.3 is 0 Å². The van der Waals surface area contributed by atoms with E-state index in [0.717, 1.165) is 24.7 Å². The molecule has 1 unspecified atom stereocenters. The summed E-state index contributed by atoms with van der Waals surface area (Å²) >= 11 is 1.54. The first-order valence-corrected chi connectivity index (χ1v) is 6.51. The molecule has 2 aromatic heterocycles. The molecule has 0 amide bonds. The van der Waals surface area contributed by atoms with Crippen LogP contribution in [0.5, 0.6) is 5.19 Å². The predicted molar refractivity (Wildman–Crippen MR) is 67.6 cm³/mol. The van der Waals surface area contributed by atoms with Gasteiger partial charge in [0.15, 0.2) is 0 Å². The van der Waals surface area contributed by atoms with Gasteiger partial charge in [0.05, 0.1) is 6.54 Å². The molecule has 1 aliphatic rings. The number of anilines is 1. The molecule has 0 radical (unpaired) electrons. The zero-order valence-corrected chi connectivity index (χ0v) is 10.1. The predicted octanol–water partition coefficient (Wildman–Crippen LogP) is 2.20. The molecular weight excluding hydrogens is 234 g/mol. The third-order valence-electron chi connectivity index (χ3n) is 2.85. The normalized spacial score (nSPS) is 19.5. The summed E-state index contributed by atoms with van der Waals surface area (Å²) in [6, 6.07) is 4.07. The highest BCUT2D eigenvalue weighted by Gasteiger charge is 2.24. The van der Waals surface area contributed by atoms with Gasteiger partial charge in [-0.3, -0.25) is 4.98 Å². The summed E-state index contributed by atoms with van der Waals surface area (Å²) in [5.74, 6) is 0. The standard InChI is InChI=1S/C12H13N3OS/c1-4-13-5-2-10(1)15-7-3-11(9-15)16-12-14-6-8-17-12/h1-2,4-6,8,11H,3,7,9H2. The summed E-state index contributed by atoms with van der Waals surface area (Å²) in [6.45, 7) is 1.95. The van der Waals surface area contributed by atoms with Crippen molar-refractivity contribution in [1.82, 2.24) is 9.97 Å². The third-order valence-corrected chi connectivity index (χ3v) is 3.51. The smallest absolute Gasteiger partial charge is 0.273 e. The van der Waals surface area contributed by atoms with Gasteiger partial charge in [0.1, 0.15) is 6.10 Å². The summed E-state index contributed by atoms with van der Waals surface area (Å²) in [7, 11) is 0. The number of ether oxygens (including phenoxy) is 1. The van der Waals surface area contributed by atoms with Crippen LogP contribution in [0.4, 0.5) is 5.69 Å². The van der Waals surface area contributed by atoms with E-state index in [9.17, 15) is 0 Å². The lowest BCUT2D eigenvalue weighted by atomic mass is 10.3. The Morgan fingerprint density at radius 2 is 2.18 bits per heavy atom. The molecule has 1 fully saturated rings. The van der Waals surface area contributed by atoms with Crippen LogP contribution >= 0.6 is 11.3 Å². The van der Waals surface area contributed by atoms with Gasteiger partial charge in [-0.1, -0.05) is 11.3 Å². The molecule has 0 bridgehead atoms. The average molecular weight is 247 g/mol. The van der Waals surface area contributed by atoms with Gasteiger partial charge in [-0.15, -0.1) is 0 Å². The second-order valence-corrected chi connectivity index (χ2v) is 4.84. The maximum absolute atomic E-state index is 5.82. The van der Waals surface area contributed by atoms with E-state index in [1.807, 2.05) is 29.9 Å². The van der Waals surface area contributed by atoms with Crippen LogP contribution in [-0.2, 0) is 0 Å². The van der Waals surface area contributed by atoms with Crippen molar-refractivity contribution in [3.05, 3.63) is 36.1 Å². The van der Waals surface area contributed by atoms with E-state index in [1.54, 1.807) is 17.5 Å². The minimum absolute atomic E-state index is 0.245. The second-order valence-electron chi connectivity index (χ2n) is 3.98. The minimum Gasteiger partial charge on any atom is -0.465 e. The fraction of sp³-hybridized carbons (Fsp3) is 0.333. The number of aromatic nitrogens is 2. The molecule has 0 aromatic carbocycles. The number of hydrogen-bond acceptors (Lipinski definition) is 5. The van der Waals surface area contributed by atoms with Gasteiger partial charge in [0.2, 0.25) is 0 Å². The van der Waals surface area contributed by atoms with Gasteiger partial charge in [-0.25, -0.2) is 4.98 Å². The molecule has 5 heteroatoms. The topological polar surface area (TPSA) is 38.2 Å². The monoisotopic (exact) mass is 247 g/mol. The van der Waals surface area contributed by atoms with Crippen LogP contribution in [0.15, 0.2) is 36.1 Å². The highest BCUT2D eigenvalue weighted by molar-refractivity contribution is 7.11. The number of hydrogen-bond donors (Lipinski definition) is 0. The highest BCUT2D eigenvalue weighted by atomic mass is 32.1. The van der Waals surface area contributed by atoms with Crippen LogP contribution < -0.4 is 9.64 Å². The Bertz CT molecular complexity index is 460. The molecule has 3 heterocycles. The zero-order chi connectivity index (χ0) is 11.5. The van der Waals surface area contributed by atoms with Crippen molar-refractivity contribution in [2.24, 2.45) is 0 Å². The maximum atomic E-state index is 5.82. The van der Waals surface area contributed by atoms with Gasteiger partial charge < -0.3 is 9.64 Å². The molecule has 17 heavy (non-hydrogen) atoms. The Kier molecular flexibility index (Phi) is 2.92. The van der Waals surface area contributed by atoms with Crippen molar-refractivity contribution < 1.29 is 4.74 Å². The van der Waals surface area contributed by atoms with Gasteiger partial charge in [0, 0.05) is 42.6 Å². The molecule has 1 atom stereocenters. The molecule has 0 saturated carbocycles. The molecule has 1 aliphatic heterocycles. The van der Waals surface area contributed by atoms with Gasteiger partial charge in [-0.2, -0.15) is 0 Å². The molecule has 0 N–H and O–H groups in total. The van der Waals surface area contributed by atoms with Gasteiger partial charge in [-0.05, 0) is 12.1 Å². The summed E-state index contributed by atoms with van der Waals surface area (Å²) in [5, 5.41) is 2.71. The van der Waals surface area contributed by atoms with E-state index in [2.05, 4.69) is 14.9 Å². The first-order valence-electron chi connectivity index (χ1n) is 5.63. The Labute approximate surface area is 104 Å². The summed E-state index contributed by atoms with van der Waals surface area (Å²) in [5.41, 5.74) is 1.21. The van der Waals surface area contributed by atoms with E-state index >= 15 is 0 Å². The molecular formula is C12H13N3OS. The number of pyridine rings is 1. The van der Waals surface area contributed by atoms with Crippen LogP contribution in [0.1, 0.15) is 6.42 Å². The van der Waals surface area contributed by atoms with Crippen molar-refractivity contribution in [2.75, 3.05) is 18.0 Å². The number of thiazole rings is 1. The molecule has 4 nitrogen and oxygen atoms in total. The fourth-order valence-corrected chi connectivity index (χ4v) is 2.58. The van der Waals surface area contributed by atoms with Crippen LogP contribution in [0.25, 0.3) is 0 Å². The zero-order valence-electron chi connectivity index (χ0n) is 9.32. The Morgan fingerprint density at radius 1 is 1.29 bits per heavy atom. The first kappa shape index (κ1) is 10.5. The molecule has 1 saturated heterocycles. The highest BCUT2D eigenvalue weighted by Crippen LogP contribution is 2.23. The molecule has 0 spiro atoms. The largest absolute Gasteiger partial charge is 0.465 e. The first-order chi connectivity index (χ1) is 8.42. The Morgan fingerprint density at radius 3 is 2.94 bits per heavy atom. The summed E-state index contributed by atoms with van der Waals surface area (Å²) in [6.07, 6.45) is 6.71. The molecule has 2 aromatic rings. The van der Waals surface area contributed by atoms with Crippen molar-refractivity contribution in [1.29, 1.82) is 0 Å². The van der Waals surface area contributed by atoms with Crippen LogP contribution in [-0.4, -0.2) is 29.2 Å². The van der Waals surface area contributed by atoms with E-state index in [1.165, 1.54) is 5.69 Å². The van der Waals surface area contributed by atoms with Crippen molar-refractivity contribution in [3.8, 4) is 5.19 Å². The van der Waals surface area contributed by atoms with Crippen LogP contribution in [0, 0.1) is 0 Å². The number of rotatable bonds is 3. The average Bonchev–Trinajstić information content (AvgIpc) is 3.02.